The normalized spacial score (nSPS) is 10.5. The highest BCUT2D eigenvalue weighted by Crippen LogP contribution is 2.25. The van der Waals surface area contributed by atoms with Gasteiger partial charge < -0.3 is 19.2 Å². The van der Waals surface area contributed by atoms with Gasteiger partial charge in [-0.05, 0) is 49.4 Å². The van der Waals surface area contributed by atoms with Crippen LogP contribution >= 0.6 is 23.4 Å². The van der Waals surface area contributed by atoms with Crippen LogP contribution in [0.25, 0.3) is 11.5 Å². The Morgan fingerprint density at radius 1 is 1.17 bits per heavy atom. The molecule has 10 heteroatoms. The molecule has 0 spiro atoms. The summed E-state index contributed by atoms with van der Waals surface area (Å²) in [7, 11) is 1.59. The van der Waals surface area contributed by atoms with Gasteiger partial charge in [-0.1, -0.05) is 23.4 Å². The molecule has 156 valence electrons. The zero-order valence-corrected chi connectivity index (χ0v) is 17.7. The topological polar surface area (TPSA) is 104 Å². The number of esters is 1. The van der Waals surface area contributed by atoms with Crippen LogP contribution in [0.1, 0.15) is 17.3 Å². The second-order valence-corrected chi connectivity index (χ2v) is 7.19. The maximum absolute atomic E-state index is 12.2. The number of aromatic nitrogens is 2. The first-order chi connectivity index (χ1) is 14.5. The molecular weight excluding hydrogens is 430 g/mol. The van der Waals surface area contributed by atoms with Crippen molar-refractivity contribution in [1.82, 2.24) is 10.2 Å². The van der Waals surface area contributed by atoms with E-state index in [1.54, 1.807) is 44.4 Å². The summed E-state index contributed by atoms with van der Waals surface area (Å²) in [6.45, 7) is 1.93. The van der Waals surface area contributed by atoms with E-state index in [4.69, 9.17) is 25.5 Å². The molecule has 0 aliphatic rings. The van der Waals surface area contributed by atoms with Crippen LogP contribution in [0.5, 0.6) is 5.75 Å². The van der Waals surface area contributed by atoms with Gasteiger partial charge in [0.05, 0.1) is 30.1 Å². The van der Waals surface area contributed by atoms with Crippen molar-refractivity contribution in [2.45, 2.75) is 12.1 Å². The van der Waals surface area contributed by atoms with E-state index < -0.39 is 5.97 Å². The standard InChI is InChI=1S/C20H18ClN3O5S/c1-3-28-19(26)15-10-13(6-9-16(15)21)22-17(25)11-30-20-24-23-18(29-20)12-4-7-14(27-2)8-5-12/h4-10H,3,11H2,1-2H3,(H,22,25). The third kappa shape index (κ3) is 5.52. The predicted octanol–water partition coefficient (Wildman–Crippen LogP) is 4.31. The van der Waals surface area contributed by atoms with Gasteiger partial charge >= 0.3 is 5.97 Å². The molecule has 2 aromatic carbocycles. The Bertz CT molecular complexity index is 1040. The molecule has 0 atom stereocenters. The van der Waals surface area contributed by atoms with E-state index in [1.807, 2.05) is 0 Å². The highest BCUT2D eigenvalue weighted by Gasteiger charge is 2.15. The van der Waals surface area contributed by atoms with Crippen molar-refractivity contribution in [2.75, 3.05) is 24.8 Å². The number of rotatable bonds is 8. The Hall–Kier alpha value is -3.04. The monoisotopic (exact) mass is 447 g/mol. The number of ether oxygens (including phenoxy) is 2. The van der Waals surface area contributed by atoms with Gasteiger partial charge in [0.25, 0.3) is 5.22 Å². The summed E-state index contributed by atoms with van der Waals surface area (Å²) >= 11 is 7.12. The Labute approximate surface area is 181 Å². The van der Waals surface area contributed by atoms with Crippen LogP contribution < -0.4 is 10.1 Å². The maximum Gasteiger partial charge on any atom is 0.339 e. The average Bonchev–Trinajstić information content (AvgIpc) is 3.23. The number of anilines is 1. The lowest BCUT2D eigenvalue weighted by atomic mass is 10.2. The van der Waals surface area contributed by atoms with Crippen LogP contribution in [0.3, 0.4) is 0 Å². The number of benzene rings is 2. The SMILES string of the molecule is CCOC(=O)c1cc(NC(=O)CSc2nnc(-c3ccc(OC)cc3)o2)ccc1Cl. The molecule has 0 fully saturated rings. The van der Waals surface area contributed by atoms with Crippen LogP contribution in [0.15, 0.2) is 52.1 Å². The number of hydrogen-bond acceptors (Lipinski definition) is 8. The Morgan fingerprint density at radius 2 is 1.93 bits per heavy atom. The van der Waals surface area contributed by atoms with E-state index in [0.29, 0.717) is 11.6 Å². The van der Waals surface area contributed by atoms with Crippen LogP contribution in [0.2, 0.25) is 5.02 Å². The number of carbonyl (C=O) groups is 2. The van der Waals surface area contributed by atoms with Crippen molar-refractivity contribution in [1.29, 1.82) is 0 Å². The number of thioether (sulfide) groups is 1. The fourth-order valence-electron chi connectivity index (χ4n) is 2.41. The predicted molar refractivity (Wildman–Crippen MR) is 113 cm³/mol. The van der Waals surface area contributed by atoms with Gasteiger partial charge in [0.15, 0.2) is 0 Å². The fraction of sp³-hybridized carbons (Fsp3) is 0.200. The number of nitrogens with zero attached hydrogens (tertiary/aromatic N) is 2. The third-order valence-electron chi connectivity index (χ3n) is 3.82. The molecular formula is C20H18ClN3O5S. The summed E-state index contributed by atoms with van der Waals surface area (Å²) in [5.41, 5.74) is 1.36. The van der Waals surface area contributed by atoms with Crippen LogP contribution in [-0.2, 0) is 9.53 Å². The molecule has 0 aliphatic heterocycles. The number of halogens is 1. The van der Waals surface area contributed by atoms with Crippen molar-refractivity contribution in [3.8, 4) is 17.2 Å². The van der Waals surface area contributed by atoms with E-state index in [-0.39, 0.29) is 34.1 Å². The van der Waals surface area contributed by atoms with Crippen molar-refractivity contribution in [3.05, 3.63) is 53.1 Å². The molecule has 0 bridgehead atoms. The quantitative estimate of drug-likeness (QED) is 0.402. The van der Waals surface area contributed by atoms with Gasteiger partial charge in [-0.25, -0.2) is 4.79 Å². The molecule has 0 unspecified atom stereocenters. The first-order valence-electron chi connectivity index (χ1n) is 8.87. The van der Waals surface area contributed by atoms with Crippen LogP contribution in [-0.4, -0.2) is 41.5 Å². The summed E-state index contributed by atoms with van der Waals surface area (Å²) in [5.74, 6) is 0.253. The highest BCUT2D eigenvalue weighted by atomic mass is 35.5. The van der Waals surface area contributed by atoms with Crippen LogP contribution in [0.4, 0.5) is 5.69 Å². The van der Waals surface area contributed by atoms with Gasteiger partial charge in [-0.2, -0.15) is 0 Å². The van der Waals surface area contributed by atoms with E-state index in [1.165, 1.54) is 12.1 Å². The summed E-state index contributed by atoms with van der Waals surface area (Å²) in [6, 6.07) is 11.8. The number of carbonyl (C=O) groups excluding carboxylic acids is 2. The molecule has 8 nitrogen and oxygen atoms in total. The number of nitrogens with one attached hydrogen (secondary N) is 1. The van der Waals surface area contributed by atoms with Crippen molar-refractivity contribution in [3.63, 3.8) is 0 Å². The van der Waals surface area contributed by atoms with E-state index in [0.717, 1.165) is 23.1 Å². The lowest BCUT2D eigenvalue weighted by molar-refractivity contribution is -0.113. The lowest BCUT2D eigenvalue weighted by Crippen LogP contribution is -2.15. The van der Waals surface area contributed by atoms with Gasteiger partial charge in [-0.3, -0.25) is 4.79 Å². The number of amides is 1. The Balaban J connectivity index is 1.58. The third-order valence-corrected chi connectivity index (χ3v) is 4.96. The molecule has 3 rings (SSSR count). The summed E-state index contributed by atoms with van der Waals surface area (Å²) < 4.78 is 15.6. The molecule has 1 amide bonds. The maximum atomic E-state index is 12.2. The first kappa shape index (κ1) is 21.7. The lowest BCUT2D eigenvalue weighted by Gasteiger charge is -2.08. The van der Waals surface area contributed by atoms with E-state index in [9.17, 15) is 9.59 Å². The smallest absolute Gasteiger partial charge is 0.339 e. The van der Waals surface area contributed by atoms with Gasteiger partial charge in [-0.15, -0.1) is 10.2 Å². The second kappa shape index (κ2) is 10.1. The molecule has 0 aliphatic carbocycles. The number of methoxy groups -OCH3 is 1. The Kier molecular flexibility index (Phi) is 7.31. The summed E-state index contributed by atoms with van der Waals surface area (Å²) in [5, 5.41) is 11.1. The van der Waals surface area contributed by atoms with E-state index in [2.05, 4.69) is 15.5 Å². The average molecular weight is 448 g/mol. The minimum absolute atomic E-state index is 0.0433. The summed E-state index contributed by atoms with van der Waals surface area (Å²) in [6.07, 6.45) is 0. The van der Waals surface area contributed by atoms with E-state index >= 15 is 0 Å². The van der Waals surface area contributed by atoms with Crippen molar-refractivity contribution >= 4 is 40.9 Å². The second-order valence-electron chi connectivity index (χ2n) is 5.85. The highest BCUT2D eigenvalue weighted by molar-refractivity contribution is 7.99. The minimum atomic E-state index is -0.551. The molecule has 1 heterocycles. The number of hydrogen-bond donors (Lipinski definition) is 1. The zero-order chi connectivity index (χ0) is 21.5. The zero-order valence-electron chi connectivity index (χ0n) is 16.2. The summed E-state index contributed by atoms with van der Waals surface area (Å²) in [4.78, 5) is 24.2. The van der Waals surface area contributed by atoms with Crippen LogP contribution in [0, 0.1) is 0 Å². The van der Waals surface area contributed by atoms with Gasteiger partial charge in [0, 0.05) is 11.3 Å². The minimum Gasteiger partial charge on any atom is -0.497 e. The Morgan fingerprint density at radius 3 is 2.63 bits per heavy atom. The van der Waals surface area contributed by atoms with Gasteiger partial charge in [0.1, 0.15) is 5.75 Å². The molecule has 0 saturated carbocycles. The molecule has 1 N–H and O–H groups in total. The molecule has 0 radical (unpaired) electrons. The molecule has 1 aromatic heterocycles. The van der Waals surface area contributed by atoms with Crippen molar-refractivity contribution < 1.29 is 23.5 Å². The van der Waals surface area contributed by atoms with Crippen molar-refractivity contribution in [2.24, 2.45) is 0 Å². The first-order valence-corrected chi connectivity index (χ1v) is 10.2. The largest absolute Gasteiger partial charge is 0.497 e. The molecule has 3 aromatic rings. The molecule has 0 saturated heterocycles. The fourth-order valence-corrected chi connectivity index (χ4v) is 3.17. The molecule has 30 heavy (non-hydrogen) atoms. The van der Waals surface area contributed by atoms with Gasteiger partial charge in [0.2, 0.25) is 11.8 Å².